The number of thioether (sulfide) groups is 1. The van der Waals surface area contributed by atoms with Crippen LogP contribution in [0.2, 0.25) is 0 Å². The standard InChI is InChI=1S/C29H27N5OS/c1-4-34-28(32-33-29(34)36-18-27(35)31-24-16-10-11-19(2)20(24)3)23-17-26(21-12-6-5-7-13-21)30-25-15-9-8-14-22(23)25/h5-17H,4,18H2,1-3H3,(H,31,35). The van der Waals surface area contributed by atoms with E-state index in [0.29, 0.717) is 11.7 Å². The zero-order valence-electron chi connectivity index (χ0n) is 20.5. The largest absolute Gasteiger partial charge is 0.325 e. The molecular weight excluding hydrogens is 466 g/mol. The van der Waals surface area contributed by atoms with Crippen molar-refractivity contribution in [3.8, 4) is 22.6 Å². The van der Waals surface area contributed by atoms with Crippen molar-refractivity contribution < 1.29 is 4.79 Å². The number of benzene rings is 3. The number of aryl methyl sites for hydroxylation is 1. The zero-order chi connectivity index (χ0) is 25.1. The first-order valence-corrected chi connectivity index (χ1v) is 12.9. The monoisotopic (exact) mass is 493 g/mol. The van der Waals surface area contributed by atoms with Gasteiger partial charge in [0.2, 0.25) is 5.91 Å². The minimum atomic E-state index is -0.0679. The van der Waals surface area contributed by atoms with E-state index in [4.69, 9.17) is 4.98 Å². The summed E-state index contributed by atoms with van der Waals surface area (Å²) in [4.78, 5) is 17.6. The first kappa shape index (κ1) is 23.8. The molecule has 0 aliphatic carbocycles. The molecule has 5 rings (SSSR count). The van der Waals surface area contributed by atoms with Crippen LogP contribution in [0.5, 0.6) is 0 Å². The number of anilines is 1. The van der Waals surface area contributed by atoms with E-state index in [0.717, 1.165) is 50.4 Å². The number of hydrogen-bond donors (Lipinski definition) is 1. The normalized spacial score (nSPS) is 11.1. The van der Waals surface area contributed by atoms with E-state index in [-0.39, 0.29) is 11.7 Å². The number of para-hydroxylation sites is 1. The second-order valence-electron chi connectivity index (χ2n) is 8.57. The lowest BCUT2D eigenvalue weighted by Crippen LogP contribution is -2.15. The molecule has 0 bridgehead atoms. The van der Waals surface area contributed by atoms with Crippen LogP contribution in [0.3, 0.4) is 0 Å². The number of carbonyl (C=O) groups excluding carboxylic acids is 1. The van der Waals surface area contributed by atoms with E-state index >= 15 is 0 Å². The van der Waals surface area contributed by atoms with Gasteiger partial charge >= 0.3 is 0 Å². The molecule has 0 unspecified atom stereocenters. The predicted octanol–water partition coefficient (Wildman–Crippen LogP) is 6.53. The maximum absolute atomic E-state index is 12.7. The molecule has 36 heavy (non-hydrogen) atoms. The van der Waals surface area contributed by atoms with Crippen molar-refractivity contribution in [2.45, 2.75) is 32.5 Å². The number of rotatable bonds is 7. The number of aromatic nitrogens is 4. The molecule has 2 aromatic heterocycles. The van der Waals surface area contributed by atoms with Gasteiger partial charge in [0, 0.05) is 28.7 Å². The number of carbonyl (C=O) groups is 1. The van der Waals surface area contributed by atoms with Gasteiger partial charge in [0.1, 0.15) is 0 Å². The van der Waals surface area contributed by atoms with Gasteiger partial charge in [0.25, 0.3) is 0 Å². The highest BCUT2D eigenvalue weighted by Gasteiger charge is 2.18. The first-order valence-electron chi connectivity index (χ1n) is 11.9. The third kappa shape index (κ3) is 4.75. The average Bonchev–Trinajstić information content (AvgIpc) is 3.32. The van der Waals surface area contributed by atoms with Crippen LogP contribution in [-0.4, -0.2) is 31.4 Å². The third-order valence-corrected chi connectivity index (χ3v) is 7.24. The smallest absolute Gasteiger partial charge is 0.234 e. The average molecular weight is 494 g/mol. The Balaban J connectivity index is 1.45. The van der Waals surface area contributed by atoms with Crippen molar-refractivity contribution >= 4 is 34.3 Å². The Morgan fingerprint density at radius 3 is 2.53 bits per heavy atom. The van der Waals surface area contributed by atoms with E-state index in [1.54, 1.807) is 0 Å². The van der Waals surface area contributed by atoms with Gasteiger partial charge in [-0.1, -0.05) is 72.4 Å². The van der Waals surface area contributed by atoms with E-state index in [1.807, 2.05) is 68.4 Å². The van der Waals surface area contributed by atoms with Gasteiger partial charge in [-0.3, -0.25) is 4.79 Å². The molecule has 0 fully saturated rings. The van der Waals surface area contributed by atoms with E-state index < -0.39 is 0 Å². The molecule has 3 aromatic carbocycles. The second kappa shape index (κ2) is 10.3. The van der Waals surface area contributed by atoms with Gasteiger partial charge in [0.05, 0.1) is 17.0 Å². The zero-order valence-corrected chi connectivity index (χ0v) is 21.3. The molecule has 6 nitrogen and oxygen atoms in total. The Kier molecular flexibility index (Phi) is 6.82. The molecule has 0 radical (unpaired) electrons. The molecule has 0 saturated heterocycles. The fourth-order valence-electron chi connectivity index (χ4n) is 4.20. The van der Waals surface area contributed by atoms with Crippen molar-refractivity contribution in [3.63, 3.8) is 0 Å². The number of fused-ring (bicyclic) bond motifs is 1. The second-order valence-corrected chi connectivity index (χ2v) is 9.52. The maximum Gasteiger partial charge on any atom is 0.234 e. The summed E-state index contributed by atoms with van der Waals surface area (Å²) >= 11 is 1.39. The summed E-state index contributed by atoms with van der Waals surface area (Å²) in [5.41, 5.74) is 6.88. The van der Waals surface area contributed by atoms with Crippen LogP contribution in [-0.2, 0) is 11.3 Å². The molecule has 0 spiro atoms. The van der Waals surface area contributed by atoms with Crippen molar-refractivity contribution in [2.24, 2.45) is 0 Å². The Bertz CT molecular complexity index is 1540. The van der Waals surface area contributed by atoms with Crippen molar-refractivity contribution in [1.82, 2.24) is 19.7 Å². The Morgan fingerprint density at radius 1 is 0.944 bits per heavy atom. The Morgan fingerprint density at radius 2 is 1.72 bits per heavy atom. The van der Waals surface area contributed by atoms with Gasteiger partial charge in [-0.2, -0.15) is 0 Å². The van der Waals surface area contributed by atoms with Crippen molar-refractivity contribution in [3.05, 3.63) is 90.0 Å². The van der Waals surface area contributed by atoms with Gasteiger partial charge in [-0.25, -0.2) is 4.98 Å². The SMILES string of the molecule is CCn1c(SCC(=O)Nc2cccc(C)c2C)nnc1-c1cc(-c2ccccc2)nc2ccccc12. The van der Waals surface area contributed by atoms with Crippen LogP contribution in [0, 0.1) is 13.8 Å². The summed E-state index contributed by atoms with van der Waals surface area (Å²) < 4.78 is 2.06. The Hall–Kier alpha value is -3.97. The number of hydrogen-bond acceptors (Lipinski definition) is 5. The minimum absolute atomic E-state index is 0.0679. The number of pyridine rings is 1. The third-order valence-electron chi connectivity index (χ3n) is 6.27. The topological polar surface area (TPSA) is 72.7 Å². The summed E-state index contributed by atoms with van der Waals surface area (Å²) in [6.45, 7) is 6.80. The lowest BCUT2D eigenvalue weighted by Gasteiger charge is -2.12. The molecule has 5 aromatic rings. The van der Waals surface area contributed by atoms with E-state index in [2.05, 4.69) is 51.3 Å². The molecule has 2 heterocycles. The molecule has 180 valence electrons. The fraction of sp³-hybridized carbons (Fsp3) is 0.172. The van der Waals surface area contributed by atoms with E-state index in [1.165, 1.54) is 11.8 Å². The van der Waals surface area contributed by atoms with Crippen molar-refractivity contribution in [2.75, 3.05) is 11.1 Å². The molecule has 1 amide bonds. The molecular formula is C29H27N5OS. The molecule has 0 atom stereocenters. The summed E-state index contributed by atoms with van der Waals surface area (Å²) in [6.07, 6.45) is 0. The highest BCUT2D eigenvalue weighted by atomic mass is 32.2. The van der Waals surface area contributed by atoms with Gasteiger partial charge in [-0.15, -0.1) is 10.2 Å². The molecule has 7 heteroatoms. The summed E-state index contributed by atoms with van der Waals surface area (Å²) in [5, 5.41) is 13.8. The number of amides is 1. The van der Waals surface area contributed by atoms with E-state index in [9.17, 15) is 4.79 Å². The summed E-state index contributed by atoms with van der Waals surface area (Å²) in [7, 11) is 0. The minimum Gasteiger partial charge on any atom is -0.325 e. The Labute approximate surface area is 214 Å². The quantitative estimate of drug-likeness (QED) is 0.261. The predicted molar refractivity (Wildman–Crippen MR) is 147 cm³/mol. The van der Waals surface area contributed by atoms with Gasteiger partial charge < -0.3 is 9.88 Å². The van der Waals surface area contributed by atoms with Crippen LogP contribution in [0.15, 0.2) is 84.0 Å². The maximum atomic E-state index is 12.7. The van der Waals surface area contributed by atoms with Gasteiger partial charge in [0.15, 0.2) is 11.0 Å². The molecule has 1 N–H and O–H groups in total. The summed E-state index contributed by atoms with van der Waals surface area (Å²) in [6, 6.07) is 26.2. The van der Waals surface area contributed by atoms with Crippen LogP contribution in [0.25, 0.3) is 33.5 Å². The lowest BCUT2D eigenvalue weighted by atomic mass is 10.0. The van der Waals surface area contributed by atoms with Crippen LogP contribution >= 0.6 is 11.8 Å². The molecule has 0 saturated carbocycles. The summed E-state index contributed by atoms with van der Waals surface area (Å²) in [5.74, 6) is 0.949. The van der Waals surface area contributed by atoms with Crippen molar-refractivity contribution in [1.29, 1.82) is 0 Å². The van der Waals surface area contributed by atoms with Crippen LogP contribution in [0.4, 0.5) is 5.69 Å². The van der Waals surface area contributed by atoms with Gasteiger partial charge in [-0.05, 0) is 50.1 Å². The van der Waals surface area contributed by atoms with Crippen LogP contribution in [0.1, 0.15) is 18.1 Å². The first-order chi connectivity index (χ1) is 17.5. The number of nitrogens with zero attached hydrogens (tertiary/aromatic N) is 4. The van der Waals surface area contributed by atoms with Crippen LogP contribution < -0.4 is 5.32 Å². The lowest BCUT2D eigenvalue weighted by molar-refractivity contribution is -0.113. The molecule has 0 aliphatic rings. The molecule has 0 aliphatic heterocycles. The fourth-order valence-corrected chi connectivity index (χ4v) is 5.00. The number of nitrogens with one attached hydrogen (secondary N) is 1. The highest BCUT2D eigenvalue weighted by molar-refractivity contribution is 7.99. The highest BCUT2D eigenvalue weighted by Crippen LogP contribution is 2.33.